The number of rotatable bonds is 4. The molecule has 1 fully saturated rings. The smallest absolute Gasteiger partial charge is 0.225 e. The fourth-order valence-corrected chi connectivity index (χ4v) is 2.14. The highest BCUT2D eigenvalue weighted by Crippen LogP contribution is 2.19. The Balaban J connectivity index is 1.90. The summed E-state index contributed by atoms with van der Waals surface area (Å²) in [7, 11) is 0. The fraction of sp³-hybridized carbons (Fsp3) is 0.571. The van der Waals surface area contributed by atoms with Crippen molar-refractivity contribution in [2.45, 2.75) is 32.8 Å². The molecular formula is C14H19FN2O2. The maximum atomic E-state index is 12.9. The summed E-state index contributed by atoms with van der Waals surface area (Å²) < 4.78 is 18.5. The van der Waals surface area contributed by atoms with Crippen molar-refractivity contribution in [1.82, 2.24) is 9.88 Å². The summed E-state index contributed by atoms with van der Waals surface area (Å²) in [6.45, 7) is 5.19. The molecule has 1 aromatic rings. The van der Waals surface area contributed by atoms with Crippen molar-refractivity contribution in [1.29, 1.82) is 0 Å². The van der Waals surface area contributed by atoms with E-state index in [1.54, 1.807) is 12.1 Å². The van der Waals surface area contributed by atoms with Gasteiger partial charge in [0.15, 0.2) is 0 Å². The zero-order chi connectivity index (χ0) is 13.8. The van der Waals surface area contributed by atoms with Crippen LogP contribution in [0.3, 0.4) is 0 Å². The number of hydrogen-bond acceptors (Lipinski definition) is 3. The van der Waals surface area contributed by atoms with E-state index in [2.05, 4.69) is 4.98 Å². The van der Waals surface area contributed by atoms with Crippen molar-refractivity contribution >= 4 is 5.91 Å². The lowest BCUT2D eigenvalue weighted by atomic mass is 10.1. The molecule has 19 heavy (non-hydrogen) atoms. The molecule has 1 amide bonds. The maximum absolute atomic E-state index is 12.9. The van der Waals surface area contributed by atoms with E-state index in [0.717, 1.165) is 12.8 Å². The van der Waals surface area contributed by atoms with Crippen LogP contribution in [0, 0.1) is 11.9 Å². The van der Waals surface area contributed by atoms with Gasteiger partial charge < -0.3 is 9.64 Å². The topological polar surface area (TPSA) is 42.4 Å². The molecule has 2 rings (SSSR count). The molecule has 4 nitrogen and oxygen atoms in total. The van der Waals surface area contributed by atoms with E-state index in [-0.39, 0.29) is 23.8 Å². The van der Waals surface area contributed by atoms with E-state index in [1.807, 2.05) is 18.7 Å². The van der Waals surface area contributed by atoms with Gasteiger partial charge in [0.25, 0.3) is 0 Å². The van der Waals surface area contributed by atoms with Crippen LogP contribution in [0.4, 0.5) is 4.39 Å². The van der Waals surface area contributed by atoms with Crippen LogP contribution in [0.2, 0.25) is 0 Å². The third kappa shape index (κ3) is 3.43. The third-order valence-corrected chi connectivity index (χ3v) is 3.47. The van der Waals surface area contributed by atoms with Gasteiger partial charge in [0.1, 0.15) is 6.10 Å². The number of hydrogen-bond donors (Lipinski definition) is 0. The molecule has 0 bridgehead atoms. The average Bonchev–Trinajstić information content (AvgIpc) is 2.85. The summed E-state index contributed by atoms with van der Waals surface area (Å²) in [5.74, 6) is -0.0577. The third-order valence-electron chi connectivity index (χ3n) is 3.47. The van der Waals surface area contributed by atoms with E-state index < -0.39 is 5.95 Å². The number of aromatic nitrogens is 1. The van der Waals surface area contributed by atoms with Crippen molar-refractivity contribution in [3.8, 4) is 5.88 Å². The zero-order valence-corrected chi connectivity index (χ0v) is 11.3. The van der Waals surface area contributed by atoms with Gasteiger partial charge in [-0.15, -0.1) is 0 Å². The molecule has 0 N–H and O–H groups in total. The Kier molecular flexibility index (Phi) is 4.35. The number of pyridine rings is 1. The van der Waals surface area contributed by atoms with Crippen LogP contribution in [0.25, 0.3) is 0 Å². The molecule has 1 aromatic heterocycles. The number of ether oxygens (including phenoxy) is 1. The van der Waals surface area contributed by atoms with Crippen LogP contribution in [0.1, 0.15) is 26.7 Å². The Morgan fingerprint density at radius 3 is 3.11 bits per heavy atom. The Labute approximate surface area is 112 Å². The Morgan fingerprint density at radius 1 is 1.63 bits per heavy atom. The molecule has 1 saturated heterocycles. The number of nitrogens with zero attached hydrogens (tertiary/aromatic N) is 2. The summed E-state index contributed by atoms with van der Waals surface area (Å²) in [5.41, 5.74) is 0. The molecule has 104 valence electrons. The van der Waals surface area contributed by atoms with Crippen molar-refractivity contribution in [3.05, 3.63) is 24.1 Å². The van der Waals surface area contributed by atoms with Gasteiger partial charge in [-0.1, -0.05) is 19.9 Å². The summed E-state index contributed by atoms with van der Waals surface area (Å²) in [4.78, 5) is 17.5. The van der Waals surface area contributed by atoms with Crippen LogP contribution in [-0.2, 0) is 4.79 Å². The minimum Gasteiger partial charge on any atom is -0.472 e. The molecule has 1 aliphatic rings. The van der Waals surface area contributed by atoms with Crippen molar-refractivity contribution in [2.75, 3.05) is 13.1 Å². The van der Waals surface area contributed by atoms with Gasteiger partial charge in [-0.3, -0.25) is 4.79 Å². The molecule has 0 spiro atoms. The first-order chi connectivity index (χ1) is 9.10. The first-order valence-electron chi connectivity index (χ1n) is 6.68. The van der Waals surface area contributed by atoms with E-state index in [1.165, 1.54) is 6.07 Å². The fourth-order valence-electron chi connectivity index (χ4n) is 2.14. The van der Waals surface area contributed by atoms with Crippen molar-refractivity contribution in [3.63, 3.8) is 0 Å². The predicted octanol–water partition coefficient (Wildman–Crippen LogP) is 2.25. The van der Waals surface area contributed by atoms with Crippen LogP contribution in [0.5, 0.6) is 5.88 Å². The van der Waals surface area contributed by atoms with Crippen LogP contribution in [0.15, 0.2) is 18.2 Å². The van der Waals surface area contributed by atoms with Crippen LogP contribution in [-0.4, -0.2) is 35.0 Å². The van der Waals surface area contributed by atoms with E-state index >= 15 is 0 Å². The average molecular weight is 266 g/mol. The molecule has 2 unspecified atom stereocenters. The monoisotopic (exact) mass is 266 g/mol. The summed E-state index contributed by atoms with van der Waals surface area (Å²) in [6.07, 6.45) is 1.51. The molecule has 1 aliphatic heterocycles. The molecule has 0 aliphatic carbocycles. The van der Waals surface area contributed by atoms with Gasteiger partial charge in [-0.25, -0.2) is 0 Å². The molecule has 2 heterocycles. The van der Waals surface area contributed by atoms with E-state index in [9.17, 15) is 9.18 Å². The second-order valence-electron chi connectivity index (χ2n) is 4.92. The second kappa shape index (κ2) is 5.99. The summed E-state index contributed by atoms with van der Waals surface area (Å²) in [5, 5.41) is 0. The normalized spacial score (nSPS) is 20.4. The predicted molar refractivity (Wildman–Crippen MR) is 69.3 cm³/mol. The first-order valence-corrected chi connectivity index (χ1v) is 6.68. The van der Waals surface area contributed by atoms with Crippen LogP contribution >= 0.6 is 0 Å². The summed E-state index contributed by atoms with van der Waals surface area (Å²) in [6, 6.07) is 4.47. The minimum absolute atomic E-state index is 0.0473. The van der Waals surface area contributed by atoms with Gasteiger partial charge in [0.05, 0.1) is 6.54 Å². The van der Waals surface area contributed by atoms with Gasteiger partial charge >= 0.3 is 0 Å². The Morgan fingerprint density at radius 2 is 2.42 bits per heavy atom. The largest absolute Gasteiger partial charge is 0.472 e. The summed E-state index contributed by atoms with van der Waals surface area (Å²) >= 11 is 0. The number of likely N-dealkylation sites (tertiary alicyclic amines) is 1. The molecule has 0 radical (unpaired) electrons. The van der Waals surface area contributed by atoms with Gasteiger partial charge in [0, 0.05) is 24.9 Å². The van der Waals surface area contributed by atoms with Crippen molar-refractivity contribution < 1.29 is 13.9 Å². The lowest BCUT2D eigenvalue weighted by Crippen LogP contribution is -2.34. The number of carbonyl (C=O) groups excluding carboxylic acids is 1. The van der Waals surface area contributed by atoms with Crippen molar-refractivity contribution in [2.24, 2.45) is 5.92 Å². The molecule has 0 saturated carbocycles. The van der Waals surface area contributed by atoms with Gasteiger partial charge in [0.2, 0.25) is 17.7 Å². The molecular weight excluding hydrogens is 247 g/mol. The molecule has 0 aromatic carbocycles. The minimum atomic E-state index is -0.553. The van der Waals surface area contributed by atoms with Gasteiger partial charge in [-0.2, -0.15) is 9.37 Å². The number of carbonyl (C=O) groups is 1. The molecule has 5 heteroatoms. The SMILES string of the molecule is CCC(C)C(=O)N1CCC(Oc2cccc(F)n2)C1. The number of halogens is 1. The first kappa shape index (κ1) is 13.8. The Hall–Kier alpha value is -1.65. The van der Waals surface area contributed by atoms with Gasteiger partial charge in [-0.05, 0) is 12.5 Å². The highest BCUT2D eigenvalue weighted by Gasteiger charge is 2.29. The standard InChI is InChI=1S/C14H19FN2O2/c1-3-10(2)14(18)17-8-7-11(9-17)19-13-6-4-5-12(15)16-13/h4-6,10-11H,3,7-9H2,1-2H3. The van der Waals surface area contributed by atoms with E-state index in [4.69, 9.17) is 4.74 Å². The molecule has 2 atom stereocenters. The zero-order valence-electron chi connectivity index (χ0n) is 11.3. The lowest BCUT2D eigenvalue weighted by molar-refractivity contribution is -0.134. The highest BCUT2D eigenvalue weighted by atomic mass is 19.1. The number of amides is 1. The Bertz CT molecular complexity index is 453. The highest BCUT2D eigenvalue weighted by molar-refractivity contribution is 5.78. The maximum Gasteiger partial charge on any atom is 0.225 e. The quantitative estimate of drug-likeness (QED) is 0.785. The van der Waals surface area contributed by atoms with Crippen LogP contribution < -0.4 is 4.74 Å². The second-order valence-corrected chi connectivity index (χ2v) is 4.92. The van der Waals surface area contributed by atoms with E-state index in [0.29, 0.717) is 13.1 Å². The lowest BCUT2D eigenvalue weighted by Gasteiger charge is -2.20.